The minimum absolute atomic E-state index is 0. The van der Waals surface area contributed by atoms with Crippen LogP contribution in [-0.2, 0) is 0 Å². The van der Waals surface area contributed by atoms with Gasteiger partial charge in [0.1, 0.15) is 5.69 Å². The Hall–Kier alpha value is -1.32. The lowest BCUT2D eigenvalue weighted by molar-refractivity contribution is 0.0951. The van der Waals surface area contributed by atoms with Crippen molar-refractivity contribution in [2.75, 3.05) is 6.54 Å². The van der Waals surface area contributed by atoms with Gasteiger partial charge in [-0.1, -0.05) is 0 Å². The van der Waals surface area contributed by atoms with Crippen LogP contribution < -0.4 is 5.32 Å². The van der Waals surface area contributed by atoms with Crippen LogP contribution in [0.4, 0.5) is 0 Å². The van der Waals surface area contributed by atoms with Crippen molar-refractivity contribution in [3.05, 3.63) is 18.0 Å². The molecule has 4 heteroatoms. The lowest BCUT2D eigenvalue weighted by atomic mass is 10.4. The minimum Gasteiger partial charge on any atom is -0.351 e. The molecule has 0 aliphatic carbocycles. The van der Waals surface area contributed by atoms with Crippen molar-refractivity contribution in [2.24, 2.45) is 0 Å². The van der Waals surface area contributed by atoms with Crippen LogP contribution in [0.3, 0.4) is 0 Å². The molecular weight excluding hydrogens is 130 g/mol. The number of aromatic nitrogens is 2. The third-order valence-electron chi connectivity index (χ3n) is 1.08. The summed E-state index contributed by atoms with van der Waals surface area (Å²) in [6, 6.07) is 1.63. The highest BCUT2D eigenvalue weighted by atomic mass is 16.1. The topological polar surface area (TPSA) is 57.8 Å². The molecule has 4 nitrogen and oxygen atoms in total. The van der Waals surface area contributed by atoms with Gasteiger partial charge in [0, 0.05) is 15.6 Å². The zero-order chi connectivity index (χ0) is 7.40. The highest BCUT2D eigenvalue weighted by Gasteiger charge is 2.02. The molecule has 10 heavy (non-hydrogen) atoms. The maximum Gasteiger partial charge on any atom is 0.269 e. The van der Waals surface area contributed by atoms with E-state index in [2.05, 4.69) is 15.5 Å². The van der Waals surface area contributed by atoms with Crippen LogP contribution in [0, 0.1) is 0 Å². The predicted molar refractivity (Wildman–Crippen MR) is 40.8 cm³/mol. The van der Waals surface area contributed by atoms with Crippen molar-refractivity contribution in [3.8, 4) is 0 Å². The first kappa shape index (κ1) is 6.80. The molecular formula is C6H13N3O. The van der Waals surface area contributed by atoms with Crippen LogP contribution in [0.25, 0.3) is 0 Å². The van der Waals surface area contributed by atoms with Gasteiger partial charge in [-0.3, -0.25) is 9.89 Å². The van der Waals surface area contributed by atoms with E-state index in [4.69, 9.17) is 0 Å². The van der Waals surface area contributed by atoms with Crippen molar-refractivity contribution in [2.45, 2.75) is 6.92 Å². The Balaban J connectivity index is 0. The number of carbonyl (C=O) groups excluding carboxylic acids is 1. The van der Waals surface area contributed by atoms with E-state index in [1.807, 2.05) is 6.92 Å². The van der Waals surface area contributed by atoms with Crippen LogP contribution in [-0.4, -0.2) is 22.6 Å². The maximum absolute atomic E-state index is 10.9. The molecule has 0 aliphatic heterocycles. The second-order valence-electron chi connectivity index (χ2n) is 1.83. The number of nitrogens with zero attached hydrogens (tertiary/aromatic N) is 1. The number of H-pyrrole nitrogens is 1. The fourth-order valence-corrected chi connectivity index (χ4v) is 0.638. The van der Waals surface area contributed by atoms with Crippen LogP contribution >= 0.6 is 0 Å². The minimum atomic E-state index is -0.111. The Morgan fingerprint density at radius 1 is 2.00 bits per heavy atom. The zero-order valence-corrected chi connectivity index (χ0v) is 5.72. The first-order valence-electron chi connectivity index (χ1n) is 3.12. The van der Waals surface area contributed by atoms with Gasteiger partial charge in [-0.25, -0.2) is 0 Å². The Kier molecular flexibility index (Phi) is 2.04. The van der Waals surface area contributed by atoms with Crippen molar-refractivity contribution in [1.82, 2.24) is 15.5 Å². The molecule has 0 fully saturated rings. The van der Waals surface area contributed by atoms with Crippen LogP contribution in [0.2, 0.25) is 0 Å². The molecule has 0 saturated heterocycles. The molecule has 1 aromatic heterocycles. The lowest BCUT2D eigenvalue weighted by Gasteiger charge is -1.95. The molecule has 0 spiro atoms. The third-order valence-corrected chi connectivity index (χ3v) is 1.08. The van der Waals surface area contributed by atoms with Crippen LogP contribution in [0.15, 0.2) is 12.3 Å². The molecule has 0 radical (unpaired) electrons. The Bertz CT molecular complexity index is 213. The Labute approximate surface area is 61.6 Å². The summed E-state index contributed by atoms with van der Waals surface area (Å²) in [6.45, 7) is 2.51. The molecule has 1 rings (SSSR count). The summed E-state index contributed by atoms with van der Waals surface area (Å²) in [4.78, 5) is 10.9. The van der Waals surface area contributed by atoms with E-state index < -0.39 is 0 Å². The van der Waals surface area contributed by atoms with Gasteiger partial charge in [0.2, 0.25) is 0 Å². The summed E-state index contributed by atoms with van der Waals surface area (Å²) in [7, 11) is 0. The van der Waals surface area contributed by atoms with E-state index in [1.54, 1.807) is 12.3 Å². The lowest BCUT2D eigenvalue weighted by Crippen LogP contribution is -2.22. The molecule has 0 saturated carbocycles. The molecule has 0 bridgehead atoms. The second-order valence-corrected chi connectivity index (χ2v) is 1.83. The van der Waals surface area contributed by atoms with E-state index >= 15 is 0 Å². The number of aromatic amines is 1. The van der Waals surface area contributed by atoms with Crippen LogP contribution in [0.1, 0.15) is 20.3 Å². The number of carbonyl (C=O) groups is 1. The van der Waals surface area contributed by atoms with Gasteiger partial charge in [0.15, 0.2) is 0 Å². The molecule has 1 amide bonds. The zero-order valence-electron chi connectivity index (χ0n) is 5.72. The van der Waals surface area contributed by atoms with Crippen molar-refractivity contribution in [1.29, 1.82) is 0 Å². The second kappa shape index (κ2) is 3.00. The smallest absolute Gasteiger partial charge is 0.269 e. The summed E-state index contributed by atoms with van der Waals surface area (Å²) >= 11 is 0. The monoisotopic (exact) mass is 143 g/mol. The van der Waals surface area contributed by atoms with Gasteiger partial charge in [0.25, 0.3) is 5.91 Å². The SMILES string of the molecule is CCNC(=O)c1ccn[nH]1.[HH].[HH]. The molecule has 1 aromatic rings. The fraction of sp³-hybridized carbons (Fsp3) is 0.333. The molecule has 2 N–H and O–H groups in total. The number of hydrogen-bond donors (Lipinski definition) is 2. The first-order chi connectivity index (χ1) is 4.84. The highest BCUT2D eigenvalue weighted by Crippen LogP contribution is 1.89. The summed E-state index contributed by atoms with van der Waals surface area (Å²) in [5.41, 5.74) is 0.502. The molecule has 0 aliphatic rings. The Morgan fingerprint density at radius 3 is 3.30 bits per heavy atom. The normalized spacial score (nSPS) is 9.30. The van der Waals surface area contributed by atoms with Gasteiger partial charge in [-0.05, 0) is 13.0 Å². The number of nitrogens with one attached hydrogen (secondary N) is 2. The predicted octanol–water partition coefficient (Wildman–Crippen LogP) is 0.651. The average Bonchev–Trinajstić information content (AvgIpc) is 2.38. The number of hydrogen-bond acceptors (Lipinski definition) is 2. The van der Waals surface area contributed by atoms with Gasteiger partial charge in [-0.2, -0.15) is 5.10 Å². The van der Waals surface area contributed by atoms with Crippen LogP contribution in [0.5, 0.6) is 0 Å². The van der Waals surface area contributed by atoms with E-state index in [0.717, 1.165) is 0 Å². The van der Waals surface area contributed by atoms with Crippen molar-refractivity contribution < 1.29 is 7.65 Å². The van der Waals surface area contributed by atoms with Gasteiger partial charge in [0.05, 0.1) is 0 Å². The molecule has 58 valence electrons. The molecule has 0 atom stereocenters. The summed E-state index contributed by atoms with van der Waals surface area (Å²) in [6.07, 6.45) is 1.55. The summed E-state index contributed by atoms with van der Waals surface area (Å²) < 4.78 is 0. The van der Waals surface area contributed by atoms with Gasteiger partial charge in [-0.15, -0.1) is 0 Å². The van der Waals surface area contributed by atoms with Crippen molar-refractivity contribution >= 4 is 5.91 Å². The largest absolute Gasteiger partial charge is 0.351 e. The average molecular weight is 143 g/mol. The van der Waals surface area contributed by atoms with Gasteiger partial charge >= 0.3 is 0 Å². The summed E-state index contributed by atoms with van der Waals surface area (Å²) in [5.74, 6) is -0.111. The first-order valence-corrected chi connectivity index (χ1v) is 3.12. The van der Waals surface area contributed by atoms with E-state index in [1.165, 1.54) is 0 Å². The standard InChI is InChI=1S/C6H9N3O.2H2/c1-2-7-6(10)5-3-4-8-9-5;;/h3-4H,2H2,1H3,(H,7,10)(H,8,9);2*1H. The van der Waals surface area contributed by atoms with Crippen molar-refractivity contribution in [3.63, 3.8) is 0 Å². The molecule has 0 unspecified atom stereocenters. The highest BCUT2D eigenvalue weighted by molar-refractivity contribution is 5.91. The number of amides is 1. The van der Waals surface area contributed by atoms with E-state index in [9.17, 15) is 4.79 Å². The summed E-state index contributed by atoms with van der Waals surface area (Å²) in [5, 5.41) is 8.84. The third kappa shape index (κ3) is 1.34. The van der Waals surface area contributed by atoms with E-state index in [-0.39, 0.29) is 8.76 Å². The quantitative estimate of drug-likeness (QED) is 0.638. The Morgan fingerprint density at radius 2 is 2.80 bits per heavy atom. The van der Waals surface area contributed by atoms with E-state index in [0.29, 0.717) is 12.2 Å². The van der Waals surface area contributed by atoms with Gasteiger partial charge < -0.3 is 5.32 Å². The molecule has 0 aromatic carbocycles. The maximum atomic E-state index is 10.9. The molecule has 1 heterocycles. The number of rotatable bonds is 2. The fourth-order valence-electron chi connectivity index (χ4n) is 0.638.